The summed E-state index contributed by atoms with van der Waals surface area (Å²) in [7, 11) is -4.47. The molecule has 0 spiro atoms. The molecule has 2 aromatic rings. The molecule has 0 fully saturated rings. The first-order chi connectivity index (χ1) is 14.5. The fraction of sp³-hybridized carbons (Fsp3) is 0.615. The zero-order chi connectivity index (χ0) is 21.8. The number of fused-ring (bicyclic) bond motifs is 1. The van der Waals surface area contributed by atoms with Gasteiger partial charge in [-0.25, -0.2) is 8.42 Å². The molecule has 0 saturated heterocycles. The third kappa shape index (κ3) is 10.4. The van der Waals surface area contributed by atoms with E-state index < -0.39 is 10.1 Å². The van der Waals surface area contributed by atoms with E-state index in [1.807, 2.05) is 18.2 Å². The first-order valence-electron chi connectivity index (χ1n) is 12.0. The second kappa shape index (κ2) is 16.0. The largest absolute Gasteiger partial charge is 1.00 e. The second-order valence-corrected chi connectivity index (χ2v) is 9.94. The van der Waals surface area contributed by atoms with Gasteiger partial charge >= 0.3 is 51.4 Å². The average molecular weight is 471 g/mol. The molecule has 0 aromatic heterocycles. The number of hydrogen-bond acceptors (Lipinski definition) is 3. The Morgan fingerprint density at radius 3 is 1.81 bits per heavy atom. The molecule has 2 aromatic carbocycles. The van der Waals surface area contributed by atoms with Crippen LogP contribution in [0.25, 0.3) is 10.8 Å². The van der Waals surface area contributed by atoms with Gasteiger partial charge in [0.1, 0.15) is 10.1 Å². The molecule has 0 aliphatic heterocycles. The number of aryl methyl sites for hydroxylation is 2. The van der Waals surface area contributed by atoms with Crippen molar-refractivity contribution in [2.24, 2.45) is 0 Å². The summed E-state index contributed by atoms with van der Waals surface area (Å²) in [5.74, 6) is 0. The first kappa shape index (κ1) is 29.3. The van der Waals surface area contributed by atoms with Crippen LogP contribution in [-0.4, -0.2) is 13.0 Å². The van der Waals surface area contributed by atoms with Crippen LogP contribution < -0.4 is 51.4 Å². The predicted octanol–water partition coefficient (Wildman–Crippen LogP) is 4.55. The molecule has 2 rings (SSSR count). The molecule has 0 radical (unpaired) electrons. The summed E-state index contributed by atoms with van der Waals surface area (Å²) in [6.45, 7) is 4.45. The summed E-state index contributed by atoms with van der Waals surface area (Å²) in [6.07, 6.45) is 16.9. The van der Waals surface area contributed by atoms with Crippen LogP contribution in [0.5, 0.6) is 0 Å². The van der Waals surface area contributed by atoms with E-state index in [1.165, 1.54) is 75.8 Å². The van der Waals surface area contributed by atoms with Gasteiger partial charge in [-0.3, -0.25) is 0 Å². The topological polar surface area (TPSA) is 57.2 Å². The minimum Gasteiger partial charge on any atom is -0.744 e. The van der Waals surface area contributed by atoms with Gasteiger partial charge < -0.3 is 4.55 Å². The van der Waals surface area contributed by atoms with E-state index in [9.17, 15) is 13.0 Å². The Labute approximate surface area is 233 Å². The van der Waals surface area contributed by atoms with Gasteiger partial charge in [-0.15, -0.1) is 0 Å². The summed E-state index contributed by atoms with van der Waals surface area (Å²) in [5.41, 5.74) is 2.40. The molecule has 0 unspecified atom stereocenters. The van der Waals surface area contributed by atoms with Crippen molar-refractivity contribution in [2.75, 3.05) is 0 Å². The van der Waals surface area contributed by atoms with Gasteiger partial charge in [0.25, 0.3) is 0 Å². The van der Waals surface area contributed by atoms with Crippen molar-refractivity contribution in [2.45, 2.75) is 109 Å². The van der Waals surface area contributed by atoms with E-state index in [0.29, 0.717) is 5.39 Å². The molecule has 0 heterocycles. The van der Waals surface area contributed by atoms with Crippen molar-refractivity contribution in [3.05, 3.63) is 41.5 Å². The minimum atomic E-state index is -4.47. The van der Waals surface area contributed by atoms with E-state index in [0.717, 1.165) is 36.6 Å². The van der Waals surface area contributed by atoms with Crippen molar-refractivity contribution in [3.8, 4) is 0 Å². The standard InChI is InChI=1S/C26H40O3S.K/c1-3-5-7-9-11-13-15-22-17-19-24-25(21-22)23(16-14-12-10-8-6-4-2)18-20-26(24)30(27,28)29;/h17-21H,3-16H2,1-2H3,(H,27,28,29);/q;+1/p-1. The zero-order valence-electron chi connectivity index (χ0n) is 19.9. The second-order valence-electron chi connectivity index (χ2n) is 8.59. The van der Waals surface area contributed by atoms with Crippen LogP contribution in [0.2, 0.25) is 0 Å². The van der Waals surface area contributed by atoms with E-state index in [1.54, 1.807) is 0 Å². The molecule has 0 aliphatic rings. The Bertz CT molecular complexity index is 878. The summed E-state index contributed by atoms with van der Waals surface area (Å²) in [4.78, 5) is -0.0877. The Balaban J connectivity index is 0.00000480. The van der Waals surface area contributed by atoms with Gasteiger partial charge in [0.2, 0.25) is 0 Å². The van der Waals surface area contributed by atoms with E-state index in [2.05, 4.69) is 19.9 Å². The maximum absolute atomic E-state index is 11.7. The Kier molecular flexibility index (Phi) is 15.1. The number of hydrogen-bond donors (Lipinski definition) is 0. The fourth-order valence-corrected chi connectivity index (χ4v) is 4.91. The molecular formula is C26H39KO3S. The molecule has 0 atom stereocenters. The van der Waals surface area contributed by atoms with Gasteiger partial charge in [0.05, 0.1) is 4.90 Å². The first-order valence-corrected chi connectivity index (χ1v) is 13.4. The zero-order valence-corrected chi connectivity index (χ0v) is 23.9. The van der Waals surface area contributed by atoms with Crippen LogP contribution in [0.4, 0.5) is 0 Å². The Hall–Kier alpha value is 0.246. The molecule has 0 saturated carbocycles. The van der Waals surface area contributed by atoms with Crippen molar-refractivity contribution in [1.29, 1.82) is 0 Å². The fourth-order valence-electron chi connectivity index (χ4n) is 4.22. The minimum absolute atomic E-state index is 0. The summed E-state index contributed by atoms with van der Waals surface area (Å²) >= 11 is 0. The smallest absolute Gasteiger partial charge is 0.744 e. The number of benzene rings is 2. The quantitative estimate of drug-likeness (QED) is 0.218. The normalized spacial score (nSPS) is 11.6. The molecule has 5 heteroatoms. The summed E-state index contributed by atoms with van der Waals surface area (Å²) < 4.78 is 35.2. The number of unbranched alkanes of at least 4 members (excludes halogenated alkanes) is 10. The number of rotatable bonds is 15. The molecule has 31 heavy (non-hydrogen) atoms. The van der Waals surface area contributed by atoms with Crippen molar-refractivity contribution >= 4 is 20.9 Å². The van der Waals surface area contributed by atoms with Crippen LogP contribution in [0.3, 0.4) is 0 Å². The molecule has 168 valence electrons. The molecule has 0 aliphatic carbocycles. The van der Waals surface area contributed by atoms with Crippen LogP contribution >= 0.6 is 0 Å². The van der Waals surface area contributed by atoms with Gasteiger partial charge in [-0.2, -0.15) is 0 Å². The third-order valence-corrected chi connectivity index (χ3v) is 6.91. The van der Waals surface area contributed by atoms with Crippen LogP contribution in [0.15, 0.2) is 35.2 Å². The van der Waals surface area contributed by atoms with Crippen LogP contribution in [0.1, 0.15) is 102 Å². The maximum Gasteiger partial charge on any atom is 1.00 e. The van der Waals surface area contributed by atoms with E-state index in [4.69, 9.17) is 0 Å². The van der Waals surface area contributed by atoms with Gasteiger partial charge in [0, 0.05) is 0 Å². The maximum atomic E-state index is 11.7. The molecule has 0 amide bonds. The van der Waals surface area contributed by atoms with Crippen LogP contribution in [0, 0.1) is 0 Å². The Morgan fingerprint density at radius 1 is 0.677 bits per heavy atom. The molecule has 0 bridgehead atoms. The van der Waals surface area contributed by atoms with Gasteiger partial charge in [-0.1, -0.05) is 102 Å². The molecular weight excluding hydrogens is 431 g/mol. The average Bonchev–Trinajstić information content (AvgIpc) is 2.72. The third-order valence-electron chi connectivity index (χ3n) is 6.02. The van der Waals surface area contributed by atoms with Crippen molar-refractivity contribution in [1.82, 2.24) is 0 Å². The van der Waals surface area contributed by atoms with Crippen LogP contribution in [-0.2, 0) is 23.0 Å². The van der Waals surface area contributed by atoms with Gasteiger partial charge in [-0.05, 0) is 53.6 Å². The van der Waals surface area contributed by atoms with Crippen molar-refractivity contribution in [3.63, 3.8) is 0 Å². The Morgan fingerprint density at radius 2 is 1.23 bits per heavy atom. The van der Waals surface area contributed by atoms with E-state index in [-0.39, 0.29) is 56.3 Å². The SMILES string of the molecule is CCCCCCCCc1ccc2c(S(=O)(=O)[O-])ccc(CCCCCCCC)c2c1.[K+]. The van der Waals surface area contributed by atoms with E-state index >= 15 is 0 Å². The molecule has 0 N–H and O–H groups in total. The van der Waals surface area contributed by atoms with Gasteiger partial charge in [0.15, 0.2) is 0 Å². The summed E-state index contributed by atoms with van der Waals surface area (Å²) in [5, 5.41) is 1.53. The monoisotopic (exact) mass is 470 g/mol. The summed E-state index contributed by atoms with van der Waals surface area (Å²) in [6, 6.07) is 9.33. The predicted molar refractivity (Wildman–Crippen MR) is 126 cm³/mol. The van der Waals surface area contributed by atoms with Crippen molar-refractivity contribution < 1.29 is 64.4 Å². The molecule has 3 nitrogen and oxygen atoms in total.